The third-order valence-corrected chi connectivity index (χ3v) is 2.78. The molecule has 0 bridgehead atoms. The average Bonchev–Trinajstić information content (AvgIpc) is 2.39. The summed E-state index contributed by atoms with van der Waals surface area (Å²) in [6.07, 6.45) is 1.69. The molecule has 1 nitrogen and oxygen atoms in total. The molecular weight excluding hydrogens is 224 g/mol. The molecule has 1 rings (SSSR count). The van der Waals surface area contributed by atoms with Gasteiger partial charge in [-0.15, -0.1) is 11.8 Å². The largest absolute Gasteiger partial charge is 0.468 e. The van der Waals surface area contributed by atoms with Crippen LogP contribution in [-0.4, -0.2) is 5.75 Å². The Hall–Kier alpha value is -0.150. The Balaban J connectivity index is 2.19. The van der Waals surface area contributed by atoms with Gasteiger partial charge in [0.05, 0.1) is 12.0 Å². The summed E-state index contributed by atoms with van der Waals surface area (Å²) in [5.41, 5.74) is 0. The van der Waals surface area contributed by atoms with E-state index in [0.29, 0.717) is 0 Å². The highest BCUT2D eigenvalue weighted by Crippen LogP contribution is 2.16. The third-order valence-electron chi connectivity index (χ3n) is 1.08. The molecule has 0 N–H and O–H groups in total. The zero-order chi connectivity index (χ0) is 8.10. The fourth-order valence-corrected chi connectivity index (χ4v) is 1.83. The summed E-state index contributed by atoms with van der Waals surface area (Å²) in [6, 6.07) is 3.88. The summed E-state index contributed by atoms with van der Waals surface area (Å²) >= 11 is 5.07. The summed E-state index contributed by atoms with van der Waals surface area (Å²) in [5.74, 6) is 2.86. The molecule has 0 atom stereocenters. The molecule has 0 saturated heterocycles. The summed E-state index contributed by atoms with van der Waals surface area (Å²) in [4.78, 5) is 0. The maximum absolute atomic E-state index is 5.15. The monoisotopic (exact) mass is 232 g/mol. The highest BCUT2D eigenvalue weighted by atomic mass is 79.9. The molecule has 0 aliphatic rings. The standard InChI is InChI=1S/C8H9BrOS/c1-7(9)5-11-6-8-3-2-4-10-8/h2-4H,1,5-6H2. The van der Waals surface area contributed by atoms with Crippen LogP contribution in [0.3, 0.4) is 0 Å². The Morgan fingerprint density at radius 2 is 2.55 bits per heavy atom. The number of rotatable bonds is 4. The predicted molar refractivity (Wildman–Crippen MR) is 52.9 cm³/mol. The summed E-state index contributed by atoms with van der Waals surface area (Å²) in [6.45, 7) is 3.74. The van der Waals surface area contributed by atoms with Crippen LogP contribution in [0.1, 0.15) is 5.76 Å². The molecule has 11 heavy (non-hydrogen) atoms. The molecule has 1 aromatic rings. The predicted octanol–water partition coefficient (Wildman–Crippen LogP) is 3.42. The minimum absolute atomic E-state index is 0.914. The first-order valence-corrected chi connectivity index (χ1v) is 5.17. The Morgan fingerprint density at radius 1 is 1.73 bits per heavy atom. The van der Waals surface area contributed by atoms with Crippen LogP contribution in [0.25, 0.3) is 0 Å². The van der Waals surface area contributed by atoms with Crippen LogP contribution in [0.2, 0.25) is 0 Å². The van der Waals surface area contributed by atoms with Crippen LogP contribution < -0.4 is 0 Å². The van der Waals surface area contributed by atoms with Crippen molar-refractivity contribution in [2.75, 3.05) is 5.75 Å². The van der Waals surface area contributed by atoms with E-state index in [-0.39, 0.29) is 0 Å². The smallest absolute Gasteiger partial charge is 0.113 e. The maximum atomic E-state index is 5.15. The van der Waals surface area contributed by atoms with E-state index in [4.69, 9.17) is 4.42 Å². The van der Waals surface area contributed by atoms with E-state index < -0.39 is 0 Å². The van der Waals surface area contributed by atoms with Gasteiger partial charge in [0.2, 0.25) is 0 Å². The summed E-state index contributed by atoms with van der Waals surface area (Å²) < 4.78 is 6.17. The second-order valence-electron chi connectivity index (χ2n) is 2.09. The van der Waals surface area contributed by atoms with Crippen LogP contribution in [-0.2, 0) is 5.75 Å². The van der Waals surface area contributed by atoms with Crippen molar-refractivity contribution >= 4 is 27.7 Å². The van der Waals surface area contributed by atoms with Crippen LogP contribution in [0, 0.1) is 0 Å². The van der Waals surface area contributed by atoms with E-state index in [1.54, 1.807) is 18.0 Å². The fourth-order valence-electron chi connectivity index (χ4n) is 0.657. The molecule has 3 heteroatoms. The molecule has 1 heterocycles. The van der Waals surface area contributed by atoms with Gasteiger partial charge in [0.1, 0.15) is 5.76 Å². The van der Waals surface area contributed by atoms with Gasteiger partial charge in [-0.05, 0) is 16.6 Å². The summed E-state index contributed by atoms with van der Waals surface area (Å²) in [7, 11) is 0. The quantitative estimate of drug-likeness (QED) is 0.790. The molecular formula is C8H9BrOS. The zero-order valence-corrected chi connectivity index (χ0v) is 8.45. The van der Waals surface area contributed by atoms with Gasteiger partial charge in [-0.25, -0.2) is 0 Å². The van der Waals surface area contributed by atoms with E-state index in [2.05, 4.69) is 22.5 Å². The number of hydrogen-bond acceptors (Lipinski definition) is 2. The van der Waals surface area contributed by atoms with E-state index in [1.807, 2.05) is 12.1 Å². The maximum Gasteiger partial charge on any atom is 0.113 e. The lowest BCUT2D eigenvalue weighted by molar-refractivity contribution is 0.530. The van der Waals surface area contributed by atoms with Gasteiger partial charge in [-0.2, -0.15) is 0 Å². The van der Waals surface area contributed by atoms with Gasteiger partial charge in [-0.1, -0.05) is 22.5 Å². The first-order valence-electron chi connectivity index (χ1n) is 3.22. The van der Waals surface area contributed by atoms with Crippen molar-refractivity contribution in [3.05, 3.63) is 35.2 Å². The molecule has 0 amide bonds. The number of halogens is 1. The second-order valence-corrected chi connectivity index (χ2v) is 4.20. The van der Waals surface area contributed by atoms with Gasteiger partial charge >= 0.3 is 0 Å². The molecule has 0 radical (unpaired) electrons. The lowest BCUT2D eigenvalue weighted by Crippen LogP contribution is -1.78. The number of furan rings is 1. The topological polar surface area (TPSA) is 13.1 Å². The van der Waals surface area contributed by atoms with Crippen molar-refractivity contribution < 1.29 is 4.42 Å². The Bertz CT molecular complexity index is 218. The molecule has 60 valence electrons. The number of thioether (sulfide) groups is 1. The van der Waals surface area contributed by atoms with Gasteiger partial charge in [0.15, 0.2) is 0 Å². The summed E-state index contributed by atoms with van der Waals surface area (Å²) in [5, 5.41) is 0. The lowest BCUT2D eigenvalue weighted by atomic mass is 10.5. The lowest BCUT2D eigenvalue weighted by Gasteiger charge is -1.95. The van der Waals surface area contributed by atoms with Gasteiger partial charge in [-0.3, -0.25) is 0 Å². The van der Waals surface area contributed by atoms with E-state index in [9.17, 15) is 0 Å². The van der Waals surface area contributed by atoms with Crippen molar-refractivity contribution in [2.24, 2.45) is 0 Å². The highest BCUT2D eigenvalue weighted by molar-refractivity contribution is 9.11. The first-order chi connectivity index (χ1) is 5.29. The van der Waals surface area contributed by atoms with Crippen LogP contribution in [0.15, 0.2) is 33.9 Å². The number of hydrogen-bond donors (Lipinski definition) is 0. The van der Waals surface area contributed by atoms with E-state index >= 15 is 0 Å². The highest BCUT2D eigenvalue weighted by Gasteiger charge is 1.95. The molecule has 0 saturated carbocycles. The molecule has 0 fully saturated rings. The molecule has 0 spiro atoms. The third kappa shape index (κ3) is 3.68. The minimum Gasteiger partial charge on any atom is -0.468 e. The van der Waals surface area contributed by atoms with Crippen molar-refractivity contribution in [1.82, 2.24) is 0 Å². The molecule has 0 aromatic carbocycles. The van der Waals surface area contributed by atoms with Gasteiger partial charge in [0.25, 0.3) is 0 Å². The van der Waals surface area contributed by atoms with Crippen molar-refractivity contribution in [3.8, 4) is 0 Å². The Labute approximate surface area is 79.0 Å². The molecule has 0 unspecified atom stereocenters. The normalized spacial score (nSPS) is 9.91. The zero-order valence-electron chi connectivity index (χ0n) is 6.05. The first kappa shape index (κ1) is 8.94. The minimum atomic E-state index is 0.914. The van der Waals surface area contributed by atoms with Crippen LogP contribution in [0.5, 0.6) is 0 Å². The van der Waals surface area contributed by atoms with Crippen molar-refractivity contribution in [3.63, 3.8) is 0 Å². The fraction of sp³-hybridized carbons (Fsp3) is 0.250. The second kappa shape index (κ2) is 4.67. The van der Waals surface area contributed by atoms with Crippen molar-refractivity contribution in [1.29, 1.82) is 0 Å². The van der Waals surface area contributed by atoms with Gasteiger partial charge in [0, 0.05) is 5.75 Å². The van der Waals surface area contributed by atoms with Crippen LogP contribution in [0.4, 0.5) is 0 Å². The SMILES string of the molecule is C=C(Br)CSCc1ccco1. The Morgan fingerprint density at radius 3 is 3.09 bits per heavy atom. The van der Waals surface area contributed by atoms with Crippen molar-refractivity contribution in [2.45, 2.75) is 5.75 Å². The van der Waals surface area contributed by atoms with E-state index in [0.717, 1.165) is 21.7 Å². The Kier molecular flexibility index (Phi) is 3.80. The molecule has 0 aliphatic heterocycles. The van der Waals surface area contributed by atoms with Gasteiger partial charge < -0.3 is 4.42 Å². The van der Waals surface area contributed by atoms with Crippen LogP contribution >= 0.6 is 27.7 Å². The van der Waals surface area contributed by atoms with E-state index in [1.165, 1.54) is 0 Å². The molecule has 1 aromatic heterocycles. The average molecular weight is 233 g/mol. The molecule has 0 aliphatic carbocycles.